The average Bonchev–Trinajstić information content (AvgIpc) is 2.67. The fourth-order valence-corrected chi connectivity index (χ4v) is 3.18. The van der Waals surface area contributed by atoms with E-state index in [1.165, 1.54) is 11.1 Å². The fraction of sp³-hybridized carbons (Fsp3) is 0.533. The quantitative estimate of drug-likeness (QED) is 0.848. The van der Waals surface area contributed by atoms with Crippen LogP contribution in [0.15, 0.2) is 24.3 Å². The second-order valence-corrected chi connectivity index (χ2v) is 5.54. The van der Waals surface area contributed by atoms with Gasteiger partial charge in [-0.3, -0.25) is 0 Å². The molecular weight excluding hydrogens is 238 g/mol. The number of benzene rings is 1. The summed E-state index contributed by atoms with van der Waals surface area (Å²) in [5, 5.41) is 6.46. The van der Waals surface area contributed by atoms with E-state index in [1.807, 2.05) is 12.1 Å². The van der Waals surface area contributed by atoms with Crippen molar-refractivity contribution >= 4 is 6.03 Å². The minimum atomic E-state index is 0.0947. The summed E-state index contributed by atoms with van der Waals surface area (Å²) < 4.78 is 0. The summed E-state index contributed by atoms with van der Waals surface area (Å²) in [5.74, 6) is 0. The Morgan fingerprint density at radius 1 is 1.32 bits per heavy atom. The van der Waals surface area contributed by atoms with Gasteiger partial charge >= 0.3 is 6.03 Å². The first kappa shape index (κ1) is 12.5. The summed E-state index contributed by atoms with van der Waals surface area (Å²) in [7, 11) is 0. The van der Waals surface area contributed by atoms with Crippen molar-refractivity contribution in [1.82, 2.24) is 15.5 Å². The van der Waals surface area contributed by atoms with Gasteiger partial charge in [-0.25, -0.2) is 4.79 Å². The second-order valence-electron chi connectivity index (χ2n) is 5.54. The molecule has 4 heteroatoms. The van der Waals surface area contributed by atoms with Crippen molar-refractivity contribution in [3.63, 3.8) is 0 Å². The Bertz CT molecular complexity index is 458. The maximum Gasteiger partial charge on any atom is 0.318 e. The molecule has 2 bridgehead atoms. The molecule has 102 valence electrons. The third-order valence-electron chi connectivity index (χ3n) is 4.31. The molecule has 0 aromatic heterocycles. The van der Waals surface area contributed by atoms with Crippen LogP contribution in [0.1, 0.15) is 24.0 Å². The lowest BCUT2D eigenvalue weighted by Gasteiger charge is -2.35. The van der Waals surface area contributed by atoms with E-state index in [9.17, 15) is 4.79 Å². The van der Waals surface area contributed by atoms with Gasteiger partial charge in [0.05, 0.1) is 0 Å². The van der Waals surface area contributed by atoms with E-state index in [1.54, 1.807) is 0 Å². The van der Waals surface area contributed by atoms with E-state index in [2.05, 4.69) is 34.6 Å². The predicted octanol–water partition coefficient (Wildman–Crippen LogP) is 1.64. The van der Waals surface area contributed by atoms with Gasteiger partial charge in [0.15, 0.2) is 0 Å². The molecule has 0 radical (unpaired) electrons. The number of nitrogens with one attached hydrogen (secondary N) is 2. The van der Waals surface area contributed by atoms with Crippen LogP contribution in [0.5, 0.6) is 0 Å². The lowest BCUT2D eigenvalue weighted by molar-refractivity contribution is 0.154. The largest absolute Gasteiger partial charge is 0.334 e. The van der Waals surface area contributed by atoms with Crippen LogP contribution < -0.4 is 10.6 Å². The van der Waals surface area contributed by atoms with Gasteiger partial charge in [-0.1, -0.05) is 24.3 Å². The van der Waals surface area contributed by atoms with E-state index in [0.717, 1.165) is 25.9 Å². The van der Waals surface area contributed by atoms with Gasteiger partial charge in [0, 0.05) is 31.7 Å². The van der Waals surface area contributed by atoms with Crippen molar-refractivity contribution in [2.45, 2.75) is 38.4 Å². The number of aryl methyl sites for hydroxylation is 1. The number of carbonyl (C=O) groups excluding carboxylic acids is 1. The highest BCUT2D eigenvalue weighted by molar-refractivity contribution is 5.75. The number of urea groups is 1. The van der Waals surface area contributed by atoms with Gasteiger partial charge in [0.1, 0.15) is 0 Å². The zero-order valence-electron chi connectivity index (χ0n) is 11.4. The molecule has 2 N–H and O–H groups in total. The molecule has 2 atom stereocenters. The predicted molar refractivity (Wildman–Crippen MR) is 74.9 cm³/mol. The number of carbonyl (C=O) groups is 1. The van der Waals surface area contributed by atoms with Crippen LogP contribution in [-0.4, -0.2) is 36.1 Å². The topological polar surface area (TPSA) is 44.4 Å². The van der Waals surface area contributed by atoms with Crippen molar-refractivity contribution in [2.75, 3.05) is 13.1 Å². The van der Waals surface area contributed by atoms with Crippen molar-refractivity contribution < 1.29 is 4.79 Å². The van der Waals surface area contributed by atoms with Crippen LogP contribution >= 0.6 is 0 Å². The smallest absolute Gasteiger partial charge is 0.318 e. The minimum absolute atomic E-state index is 0.0947. The number of nitrogens with zero attached hydrogens (tertiary/aromatic N) is 1. The maximum atomic E-state index is 12.3. The Kier molecular flexibility index (Phi) is 3.42. The first-order valence-electron chi connectivity index (χ1n) is 7.07. The Labute approximate surface area is 114 Å². The number of amides is 2. The zero-order valence-corrected chi connectivity index (χ0v) is 11.4. The highest BCUT2D eigenvalue weighted by Crippen LogP contribution is 2.26. The van der Waals surface area contributed by atoms with Crippen LogP contribution in [0.25, 0.3) is 0 Å². The van der Waals surface area contributed by atoms with Crippen LogP contribution in [0, 0.1) is 6.92 Å². The monoisotopic (exact) mass is 259 g/mol. The van der Waals surface area contributed by atoms with E-state index in [0.29, 0.717) is 18.6 Å². The molecule has 2 fully saturated rings. The summed E-state index contributed by atoms with van der Waals surface area (Å²) in [4.78, 5) is 14.4. The lowest BCUT2D eigenvalue weighted by atomic mass is 10.1. The highest BCUT2D eigenvalue weighted by Gasteiger charge is 2.39. The van der Waals surface area contributed by atoms with E-state index in [4.69, 9.17) is 0 Å². The highest BCUT2D eigenvalue weighted by atomic mass is 16.2. The number of rotatable bonds is 2. The molecule has 2 heterocycles. The number of hydrogen-bond acceptors (Lipinski definition) is 2. The normalized spacial score (nSPS) is 25.4. The van der Waals surface area contributed by atoms with Crippen LogP contribution in [0.4, 0.5) is 4.79 Å². The van der Waals surface area contributed by atoms with Crippen LogP contribution in [0.2, 0.25) is 0 Å². The van der Waals surface area contributed by atoms with Crippen molar-refractivity contribution in [3.05, 3.63) is 35.4 Å². The summed E-state index contributed by atoms with van der Waals surface area (Å²) in [5.41, 5.74) is 2.42. The minimum Gasteiger partial charge on any atom is -0.334 e. The average molecular weight is 259 g/mol. The molecule has 0 spiro atoms. The zero-order chi connectivity index (χ0) is 13.2. The standard InChI is InChI=1S/C15H21N3O/c1-11-4-2-3-5-12(11)8-17-15(19)18-13-6-7-14(18)10-16-9-13/h2-5,13-14,16H,6-10H2,1H3,(H,17,19). The van der Waals surface area contributed by atoms with Gasteiger partial charge in [0.2, 0.25) is 0 Å². The van der Waals surface area contributed by atoms with Crippen molar-refractivity contribution in [3.8, 4) is 0 Å². The van der Waals surface area contributed by atoms with Gasteiger partial charge in [-0.05, 0) is 30.9 Å². The van der Waals surface area contributed by atoms with Gasteiger partial charge in [-0.15, -0.1) is 0 Å². The molecular formula is C15H21N3O. The summed E-state index contributed by atoms with van der Waals surface area (Å²) in [6, 6.07) is 9.06. The molecule has 2 unspecified atom stereocenters. The first-order valence-corrected chi connectivity index (χ1v) is 7.07. The fourth-order valence-electron chi connectivity index (χ4n) is 3.18. The summed E-state index contributed by atoms with van der Waals surface area (Å²) in [6.45, 7) is 4.58. The van der Waals surface area contributed by atoms with Gasteiger partial charge in [0.25, 0.3) is 0 Å². The SMILES string of the molecule is Cc1ccccc1CNC(=O)N1C2CCC1CNC2. The van der Waals surface area contributed by atoms with Crippen LogP contribution in [0.3, 0.4) is 0 Å². The Morgan fingerprint density at radius 2 is 2.00 bits per heavy atom. The molecule has 0 saturated carbocycles. The molecule has 2 aliphatic rings. The molecule has 0 aliphatic carbocycles. The Hall–Kier alpha value is -1.55. The number of hydrogen-bond donors (Lipinski definition) is 2. The van der Waals surface area contributed by atoms with E-state index in [-0.39, 0.29) is 6.03 Å². The first-order chi connectivity index (χ1) is 9.25. The van der Waals surface area contributed by atoms with Crippen molar-refractivity contribution in [1.29, 1.82) is 0 Å². The van der Waals surface area contributed by atoms with Crippen molar-refractivity contribution in [2.24, 2.45) is 0 Å². The number of fused-ring (bicyclic) bond motifs is 2. The van der Waals surface area contributed by atoms with Gasteiger partial charge in [-0.2, -0.15) is 0 Å². The number of piperazine rings is 1. The molecule has 4 nitrogen and oxygen atoms in total. The maximum absolute atomic E-state index is 12.3. The molecule has 1 aromatic rings. The molecule has 2 saturated heterocycles. The Balaban J connectivity index is 1.62. The lowest BCUT2D eigenvalue weighted by Crippen LogP contribution is -2.56. The Morgan fingerprint density at radius 3 is 2.68 bits per heavy atom. The van der Waals surface area contributed by atoms with E-state index >= 15 is 0 Å². The second kappa shape index (κ2) is 5.21. The van der Waals surface area contributed by atoms with Gasteiger partial charge < -0.3 is 15.5 Å². The molecule has 2 amide bonds. The molecule has 19 heavy (non-hydrogen) atoms. The third kappa shape index (κ3) is 2.45. The third-order valence-corrected chi connectivity index (χ3v) is 4.31. The van der Waals surface area contributed by atoms with Crippen LogP contribution in [-0.2, 0) is 6.54 Å². The molecule has 3 rings (SSSR count). The summed E-state index contributed by atoms with van der Waals surface area (Å²) >= 11 is 0. The molecule has 2 aliphatic heterocycles. The van der Waals surface area contributed by atoms with E-state index < -0.39 is 0 Å². The molecule has 1 aromatic carbocycles. The summed E-state index contributed by atoms with van der Waals surface area (Å²) in [6.07, 6.45) is 2.27.